The van der Waals surface area contributed by atoms with Crippen molar-refractivity contribution in [3.8, 4) is 0 Å². The van der Waals surface area contributed by atoms with Crippen LogP contribution in [0, 0.1) is 17.8 Å². The second-order valence-corrected chi connectivity index (χ2v) is 16.8. The fraction of sp³-hybridized carbons (Fsp3) is 0.756. The topological polar surface area (TPSA) is 304 Å². The Labute approximate surface area is 372 Å². The van der Waals surface area contributed by atoms with E-state index in [1.807, 2.05) is 5.32 Å². The van der Waals surface area contributed by atoms with Crippen molar-refractivity contribution in [3.63, 3.8) is 0 Å². The molecule has 1 aliphatic rings. The van der Waals surface area contributed by atoms with E-state index in [2.05, 4.69) is 26.6 Å². The molecule has 9 N–H and O–H groups in total. The molecule has 0 aliphatic heterocycles. The summed E-state index contributed by atoms with van der Waals surface area (Å²) in [4.78, 5) is 127. The van der Waals surface area contributed by atoms with E-state index in [1.165, 1.54) is 6.92 Å². The SMILES string of the molecule is CCCC(NC(=O)[C@H](CC1CCCCC1)NC(=O)[C@@H](NC(=O)[C@H](CC(C)C)NC(=O)[C@@H](CCC(=O)O)NC(=O)[C@H](CC(=O)O)NC(=O)CCC(=O)O)[C@@H](C)CC)C(=O)C(F)(F)C(F)(F)F. The van der Waals surface area contributed by atoms with Crippen molar-refractivity contribution >= 4 is 59.1 Å². The third-order valence-electron chi connectivity index (χ3n) is 10.8. The van der Waals surface area contributed by atoms with Gasteiger partial charge >= 0.3 is 30.0 Å². The van der Waals surface area contributed by atoms with Gasteiger partial charge in [0.2, 0.25) is 41.2 Å². The Kier molecular flexibility index (Phi) is 24.0. The third-order valence-corrected chi connectivity index (χ3v) is 10.8. The first-order valence-corrected chi connectivity index (χ1v) is 21.6. The molecule has 7 atom stereocenters. The first-order valence-electron chi connectivity index (χ1n) is 21.6. The van der Waals surface area contributed by atoms with Crippen LogP contribution in [0.15, 0.2) is 0 Å². The van der Waals surface area contributed by atoms with Crippen LogP contribution in [0.1, 0.15) is 131 Å². The molecule has 0 saturated heterocycles. The van der Waals surface area contributed by atoms with E-state index < -0.39 is 152 Å². The molecule has 0 bridgehead atoms. The lowest BCUT2D eigenvalue weighted by Gasteiger charge is -2.32. The number of aliphatic carboxylic acids is 3. The third kappa shape index (κ3) is 20.1. The van der Waals surface area contributed by atoms with E-state index >= 15 is 0 Å². The number of carboxylic acid groups (broad SMARTS) is 3. The van der Waals surface area contributed by atoms with E-state index in [9.17, 15) is 80.1 Å². The number of alkyl halides is 5. The molecular formula is C41H63F5N6O13. The Hall–Kier alpha value is -5.45. The minimum atomic E-state index is -6.24. The molecule has 1 rings (SSSR count). The fourth-order valence-corrected chi connectivity index (χ4v) is 7.05. The summed E-state index contributed by atoms with van der Waals surface area (Å²) < 4.78 is 67.9. The normalized spacial score (nSPS) is 16.6. The molecule has 1 unspecified atom stereocenters. The molecule has 1 saturated carbocycles. The molecule has 0 aromatic rings. The summed E-state index contributed by atoms with van der Waals surface area (Å²) in [7, 11) is 0. The number of nitrogens with one attached hydrogen (secondary N) is 6. The number of carbonyl (C=O) groups is 10. The number of ketones is 1. The van der Waals surface area contributed by atoms with E-state index in [1.54, 1.807) is 27.7 Å². The van der Waals surface area contributed by atoms with Crippen molar-refractivity contribution in [2.75, 3.05) is 0 Å². The lowest BCUT2D eigenvalue weighted by Crippen LogP contribution is -2.61. The maximum Gasteiger partial charge on any atom is 0.461 e. The highest BCUT2D eigenvalue weighted by atomic mass is 19.4. The summed E-state index contributed by atoms with van der Waals surface area (Å²) in [6.07, 6.45) is -6.93. The molecule has 370 valence electrons. The average molecular weight is 943 g/mol. The Morgan fingerprint density at radius 3 is 1.58 bits per heavy atom. The highest BCUT2D eigenvalue weighted by Gasteiger charge is 2.64. The monoisotopic (exact) mass is 942 g/mol. The van der Waals surface area contributed by atoms with Gasteiger partial charge in [0.25, 0.3) is 0 Å². The number of carboxylic acids is 3. The van der Waals surface area contributed by atoms with Crippen molar-refractivity contribution < 1.29 is 85.2 Å². The molecule has 1 fully saturated rings. The van der Waals surface area contributed by atoms with E-state index in [4.69, 9.17) is 5.11 Å². The highest BCUT2D eigenvalue weighted by Crippen LogP contribution is 2.37. The van der Waals surface area contributed by atoms with Crippen LogP contribution in [0.5, 0.6) is 0 Å². The van der Waals surface area contributed by atoms with Gasteiger partial charge in [-0.2, -0.15) is 22.0 Å². The minimum Gasteiger partial charge on any atom is -0.481 e. The van der Waals surface area contributed by atoms with Gasteiger partial charge in [0.05, 0.1) is 18.9 Å². The Morgan fingerprint density at radius 1 is 0.569 bits per heavy atom. The molecule has 6 amide bonds. The summed E-state index contributed by atoms with van der Waals surface area (Å²) >= 11 is 0. The number of Topliss-reactive ketones (excluding diaryl/α,β-unsaturated/α-hetero) is 1. The molecule has 0 spiro atoms. The molecule has 19 nitrogen and oxygen atoms in total. The van der Waals surface area contributed by atoms with Crippen molar-refractivity contribution in [3.05, 3.63) is 0 Å². The highest BCUT2D eigenvalue weighted by molar-refractivity contribution is 5.99. The standard InChI is InChI=1S/C41H63F5N6O13/c1-6-11-24(34(60)40(42,43)41(44,45)46)48-36(62)27(19-23-12-9-8-10-13-23)51-39(65)33(22(5)7-2)52-38(64)26(18-21(3)4)50-35(61)25(14-16-30(54)55)49-37(63)28(20-32(58)59)47-29(53)15-17-31(56)57/h21-28,33H,6-20H2,1-5H3,(H,47,53)(H,48,62)(H,49,63)(H,50,61)(H,51,65)(H,52,64)(H,54,55)(H,56,57)(H,58,59)/t22-,24?,25+,26-,27-,28-,33-/m0/s1. The first-order chi connectivity index (χ1) is 30.1. The van der Waals surface area contributed by atoms with Crippen LogP contribution in [0.3, 0.4) is 0 Å². The zero-order chi connectivity index (χ0) is 49.8. The summed E-state index contributed by atoms with van der Waals surface area (Å²) in [6.45, 7) is 7.92. The van der Waals surface area contributed by atoms with Crippen molar-refractivity contribution in [2.45, 2.75) is 179 Å². The van der Waals surface area contributed by atoms with Gasteiger partial charge in [0.15, 0.2) is 0 Å². The molecule has 24 heteroatoms. The molecule has 1 aliphatic carbocycles. The van der Waals surface area contributed by atoms with Gasteiger partial charge < -0.3 is 47.2 Å². The van der Waals surface area contributed by atoms with Crippen LogP contribution in [-0.2, 0) is 47.9 Å². The predicted molar refractivity (Wildman–Crippen MR) is 219 cm³/mol. The first kappa shape index (κ1) is 57.6. The average Bonchev–Trinajstić information content (AvgIpc) is 3.21. The van der Waals surface area contributed by atoms with Crippen LogP contribution in [-0.4, -0.2) is 123 Å². The second kappa shape index (κ2) is 27.1. The largest absolute Gasteiger partial charge is 0.481 e. The number of halogens is 5. The van der Waals surface area contributed by atoms with Crippen LogP contribution < -0.4 is 31.9 Å². The second-order valence-electron chi connectivity index (χ2n) is 16.8. The lowest BCUT2D eigenvalue weighted by molar-refractivity contribution is -0.269. The van der Waals surface area contributed by atoms with Gasteiger partial charge in [-0.1, -0.05) is 79.6 Å². The smallest absolute Gasteiger partial charge is 0.461 e. The summed E-state index contributed by atoms with van der Waals surface area (Å²) in [5.74, 6) is -20.5. The number of hydrogen-bond donors (Lipinski definition) is 9. The van der Waals surface area contributed by atoms with Gasteiger partial charge in [-0.05, 0) is 43.4 Å². The van der Waals surface area contributed by atoms with Crippen LogP contribution in [0.2, 0.25) is 0 Å². The van der Waals surface area contributed by atoms with E-state index in [0.29, 0.717) is 12.8 Å². The zero-order valence-corrected chi connectivity index (χ0v) is 37.1. The van der Waals surface area contributed by atoms with Gasteiger partial charge in [-0.3, -0.25) is 47.9 Å². The summed E-state index contributed by atoms with van der Waals surface area (Å²) in [6, 6.07) is -10.4. The molecule has 0 heterocycles. The summed E-state index contributed by atoms with van der Waals surface area (Å²) in [5, 5.41) is 41.2. The minimum absolute atomic E-state index is 0.0766. The van der Waals surface area contributed by atoms with Crippen molar-refractivity contribution in [2.24, 2.45) is 17.8 Å². The molecule has 0 radical (unpaired) electrons. The van der Waals surface area contributed by atoms with E-state index in [0.717, 1.165) is 19.3 Å². The predicted octanol–water partition coefficient (Wildman–Crippen LogP) is 2.73. The Balaban J connectivity index is 3.49. The van der Waals surface area contributed by atoms with Gasteiger partial charge in [-0.15, -0.1) is 0 Å². The van der Waals surface area contributed by atoms with Crippen LogP contribution in [0.4, 0.5) is 22.0 Å². The molecule has 65 heavy (non-hydrogen) atoms. The van der Waals surface area contributed by atoms with Gasteiger partial charge in [0.1, 0.15) is 30.2 Å². The number of hydrogen-bond acceptors (Lipinski definition) is 10. The maximum absolute atomic E-state index is 14.2. The zero-order valence-electron chi connectivity index (χ0n) is 37.1. The van der Waals surface area contributed by atoms with Crippen LogP contribution in [0.25, 0.3) is 0 Å². The molecular weight excluding hydrogens is 879 g/mol. The molecule has 0 aromatic carbocycles. The number of carbonyl (C=O) groups excluding carboxylic acids is 7. The Morgan fingerprint density at radius 2 is 1.08 bits per heavy atom. The van der Waals surface area contributed by atoms with Gasteiger partial charge in [0, 0.05) is 12.8 Å². The fourth-order valence-electron chi connectivity index (χ4n) is 7.05. The Bertz CT molecular complexity index is 1690. The van der Waals surface area contributed by atoms with Gasteiger partial charge in [-0.25, -0.2) is 0 Å². The molecule has 0 aromatic heterocycles. The number of rotatable bonds is 29. The number of amides is 6. The van der Waals surface area contributed by atoms with Crippen molar-refractivity contribution in [1.29, 1.82) is 0 Å². The summed E-state index contributed by atoms with van der Waals surface area (Å²) in [5.41, 5.74) is 0. The van der Waals surface area contributed by atoms with E-state index in [-0.39, 0.29) is 37.5 Å². The van der Waals surface area contributed by atoms with Crippen LogP contribution >= 0.6 is 0 Å². The lowest BCUT2D eigenvalue weighted by atomic mass is 9.84. The quantitative estimate of drug-likeness (QED) is 0.0488. The maximum atomic E-state index is 14.2. The van der Waals surface area contributed by atoms with Crippen molar-refractivity contribution in [1.82, 2.24) is 31.9 Å².